The lowest BCUT2D eigenvalue weighted by Crippen LogP contribution is -2.52. The zero-order valence-corrected chi connectivity index (χ0v) is 19.6. The monoisotopic (exact) mass is 447 g/mol. The number of ether oxygens (including phenoxy) is 1. The fourth-order valence-electron chi connectivity index (χ4n) is 4.75. The van der Waals surface area contributed by atoms with E-state index in [0.29, 0.717) is 19.0 Å². The van der Waals surface area contributed by atoms with Gasteiger partial charge in [0.2, 0.25) is 0 Å². The summed E-state index contributed by atoms with van der Waals surface area (Å²) < 4.78 is 5.33. The number of nitrogens with zero attached hydrogens (tertiary/aromatic N) is 1. The summed E-state index contributed by atoms with van der Waals surface area (Å²) in [5.74, 6) is -0.187. The Kier molecular flexibility index (Phi) is 7.02. The van der Waals surface area contributed by atoms with Crippen LogP contribution in [0.25, 0.3) is 10.9 Å². The van der Waals surface area contributed by atoms with Gasteiger partial charge in [-0.05, 0) is 49.8 Å². The largest absolute Gasteiger partial charge is 0.464 e. The maximum Gasteiger partial charge on any atom is 0.329 e. The van der Waals surface area contributed by atoms with E-state index in [9.17, 15) is 9.59 Å². The van der Waals surface area contributed by atoms with Crippen molar-refractivity contribution in [1.29, 1.82) is 0 Å². The third kappa shape index (κ3) is 5.05. The zero-order valence-electron chi connectivity index (χ0n) is 19.6. The number of fused-ring (bicyclic) bond motifs is 1. The Morgan fingerprint density at radius 2 is 1.82 bits per heavy atom. The molecule has 6 nitrogen and oxygen atoms in total. The van der Waals surface area contributed by atoms with E-state index in [1.165, 1.54) is 11.1 Å². The second kappa shape index (κ2) is 10.1. The van der Waals surface area contributed by atoms with Crippen LogP contribution in [0.1, 0.15) is 55.2 Å². The van der Waals surface area contributed by atoms with Crippen LogP contribution in [0, 0.1) is 6.92 Å². The number of nitrogens with one attached hydrogen (secondary N) is 2. The molecule has 4 rings (SSSR count). The Morgan fingerprint density at radius 3 is 2.52 bits per heavy atom. The second-order valence-corrected chi connectivity index (χ2v) is 8.93. The van der Waals surface area contributed by atoms with Gasteiger partial charge in [0.1, 0.15) is 6.04 Å². The molecule has 2 N–H and O–H groups in total. The molecule has 0 spiro atoms. The molecule has 2 aromatic carbocycles. The number of hydrogen-bond donors (Lipinski definition) is 2. The first kappa shape index (κ1) is 22.9. The van der Waals surface area contributed by atoms with Gasteiger partial charge in [-0.1, -0.05) is 55.0 Å². The Balaban J connectivity index is 1.45. The maximum atomic E-state index is 13.1. The number of urea groups is 1. The summed E-state index contributed by atoms with van der Waals surface area (Å²) >= 11 is 0. The normalized spacial score (nSPS) is 16.4. The molecule has 0 radical (unpaired) electrons. The molecular weight excluding hydrogens is 414 g/mol. The van der Waals surface area contributed by atoms with Gasteiger partial charge in [-0.25, -0.2) is 9.59 Å². The predicted molar refractivity (Wildman–Crippen MR) is 130 cm³/mol. The quantitative estimate of drug-likeness (QED) is 0.516. The lowest BCUT2D eigenvalue weighted by atomic mass is 9.89. The summed E-state index contributed by atoms with van der Waals surface area (Å²) in [5, 5.41) is 4.03. The molecule has 1 fully saturated rings. The summed E-state index contributed by atoms with van der Waals surface area (Å²) in [4.78, 5) is 31.1. The van der Waals surface area contributed by atoms with E-state index in [2.05, 4.69) is 41.5 Å². The number of rotatable bonds is 6. The molecule has 0 aliphatic carbocycles. The summed E-state index contributed by atoms with van der Waals surface area (Å²) in [5.41, 5.74) is 4.58. The van der Waals surface area contributed by atoms with Gasteiger partial charge < -0.3 is 19.9 Å². The summed E-state index contributed by atoms with van der Waals surface area (Å²) in [6, 6.07) is 15.7. The van der Waals surface area contributed by atoms with E-state index in [0.717, 1.165) is 29.3 Å². The highest BCUT2D eigenvalue weighted by molar-refractivity contribution is 5.88. The Labute approximate surface area is 195 Å². The van der Waals surface area contributed by atoms with Crippen LogP contribution in [0.2, 0.25) is 0 Å². The number of aryl methyl sites for hydroxylation is 1. The average Bonchev–Trinajstić information content (AvgIpc) is 3.27. The van der Waals surface area contributed by atoms with Crippen LogP contribution < -0.4 is 5.32 Å². The summed E-state index contributed by atoms with van der Waals surface area (Å²) in [6.07, 6.45) is 3.75. The van der Waals surface area contributed by atoms with E-state index >= 15 is 0 Å². The molecule has 33 heavy (non-hydrogen) atoms. The van der Waals surface area contributed by atoms with Crippen molar-refractivity contribution in [2.24, 2.45) is 0 Å². The first-order valence-electron chi connectivity index (χ1n) is 11.8. The summed E-state index contributed by atoms with van der Waals surface area (Å²) in [7, 11) is 0. The van der Waals surface area contributed by atoms with E-state index in [4.69, 9.17) is 4.74 Å². The second-order valence-electron chi connectivity index (χ2n) is 8.93. The molecule has 2 atom stereocenters. The van der Waals surface area contributed by atoms with Crippen LogP contribution >= 0.6 is 0 Å². The molecule has 0 unspecified atom stereocenters. The van der Waals surface area contributed by atoms with Crippen LogP contribution in [0.5, 0.6) is 0 Å². The highest BCUT2D eigenvalue weighted by Gasteiger charge is 2.33. The molecule has 1 aromatic heterocycles. The van der Waals surface area contributed by atoms with E-state index in [-0.39, 0.29) is 18.6 Å². The van der Waals surface area contributed by atoms with E-state index < -0.39 is 12.0 Å². The molecule has 0 bridgehead atoms. The number of para-hydroxylation sites is 1. The molecule has 2 heterocycles. The van der Waals surface area contributed by atoms with Crippen molar-refractivity contribution in [1.82, 2.24) is 15.2 Å². The lowest BCUT2D eigenvalue weighted by molar-refractivity contribution is -0.145. The molecule has 1 saturated heterocycles. The van der Waals surface area contributed by atoms with Gasteiger partial charge in [0.05, 0.1) is 6.61 Å². The van der Waals surface area contributed by atoms with Crippen LogP contribution in [0.15, 0.2) is 54.7 Å². The lowest BCUT2D eigenvalue weighted by Gasteiger charge is -2.34. The van der Waals surface area contributed by atoms with Crippen LogP contribution in [0.4, 0.5) is 4.79 Å². The van der Waals surface area contributed by atoms with Crippen molar-refractivity contribution in [2.75, 3.05) is 19.7 Å². The van der Waals surface area contributed by atoms with Crippen molar-refractivity contribution < 1.29 is 14.3 Å². The number of piperidine rings is 1. The van der Waals surface area contributed by atoms with Crippen molar-refractivity contribution in [3.8, 4) is 0 Å². The van der Waals surface area contributed by atoms with Gasteiger partial charge in [-0.15, -0.1) is 0 Å². The van der Waals surface area contributed by atoms with Crippen molar-refractivity contribution in [3.63, 3.8) is 0 Å². The molecule has 3 aromatic rings. The molecule has 2 amide bonds. The topological polar surface area (TPSA) is 74.4 Å². The van der Waals surface area contributed by atoms with Gasteiger partial charge in [0.25, 0.3) is 0 Å². The highest BCUT2D eigenvalue weighted by atomic mass is 16.5. The molecule has 0 saturated carbocycles. The third-order valence-corrected chi connectivity index (χ3v) is 6.76. The van der Waals surface area contributed by atoms with Crippen LogP contribution in [0.3, 0.4) is 0 Å². The highest BCUT2D eigenvalue weighted by Crippen LogP contribution is 2.30. The predicted octanol–water partition coefficient (Wildman–Crippen LogP) is 5.10. The molecule has 1 aliphatic heterocycles. The summed E-state index contributed by atoms with van der Waals surface area (Å²) in [6.45, 7) is 7.44. The minimum absolute atomic E-state index is 0.206. The Hall–Kier alpha value is -3.28. The zero-order chi connectivity index (χ0) is 23.4. The first-order chi connectivity index (χ1) is 16.0. The SMILES string of the molecule is CCOC(=O)[C@H](NC(=O)N1CCC(c2ccc(C)cc2)CC1)[C@@H](C)c1c[nH]c2ccccc12. The van der Waals surface area contributed by atoms with Crippen molar-refractivity contribution >= 4 is 22.9 Å². The minimum atomic E-state index is -0.758. The number of hydrogen-bond acceptors (Lipinski definition) is 3. The number of aromatic amines is 1. The van der Waals surface area contributed by atoms with Gasteiger partial charge in [0.15, 0.2) is 0 Å². The fraction of sp³-hybridized carbons (Fsp3) is 0.407. The smallest absolute Gasteiger partial charge is 0.329 e. The number of carbonyl (C=O) groups excluding carboxylic acids is 2. The van der Waals surface area contributed by atoms with Crippen LogP contribution in [-0.4, -0.2) is 47.6 Å². The molecule has 6 heteroatoms. The number of carbonyl (C=O) groups is 2. The average molecular weight is 448 g/mol. The molecule has 174 valence electrons. The van der Waals surface area contributed by atoms with Gasteiger partial charge in [-0.3, -0.25) is 0 Å². The Bertz CT molecular complexity index is 1100. The molecular formula is C27H33N3O3. The van der Waals surface area contributed by atoms with Gasteiger partial charge in [0, 0.05) is 36.1 Å². The van der Waals surface area contributed by atoms with Gasteiger partial charge >= 0.3 is 12.0 Å². The first-order valence-corrected chi connectivity index (χ1v) is 11.8. The van der Waals surface area contributed by atoms with Gasteiger partial charge in [-0.2, -0.15) is 0 Å². The minimum Gasteiger partial charge on any atom is -0.464 e. The Morgan fingerprint density at radius 1 is 1.12 bits per heavy atom. The number of likely N-dealkylation sites (tertiary alicyclic amines) is 1. The number of amides is 2. The van der Waals surface area contributed by atoms with Crippen molar-refractivity contribution in [3.05, 3.63) is 71.4 Å². The van der Waals surface area contributed by atoms with Crippen molar-refractivity contribution in [2.45, 2.75) is 51.5 Å². The maximum absolute atomic E-state index is 13.1. The van der Waals surface area contributed by atoms with E-state index in [1.807, 2.05) is 42.3 Å². The third-order valence-electron chi connectivity index (χ3n) is 6.76. The number of benzene rings is 2. The van der Waals surface area contributed by atoms with E-state index in [1.54, 1.807) is 6.92 Å². The van der Waals surface area contributed by atoms with Crippen LogP contribution in [-0.2, 0) is 9.53 Å². The number of H-pyrrole nitrogens is 1. The standard InChI is InChI=1S/C27H33N3O3/c1-4-33-26(31)25(19(3)23-17-28-24-8-6-5-7-22(23)24)29-27(32)30-15-13-21(14-16-30)20-11-9-18(2)10-12-20/h5-12,17,19,21,25,28H,4,13-16H2,1-3H3,(H,29,32)/t19-,25+/m0/s1. The number of aromatic nitrogens is 1. The fourth-order valence-corrected chi connectivity index (χ4v) is 4.75. The number of esters is 1. The molecule has 1 aliphatic rings.